The topological polar surface area (TPSA) is 50.3 Å². The molecule has 2 heterocycles. The van der Waals surface area contributed by atoms with E-state index < -0.39 is 0 Å². The van der Waals surface area contributed by atoms with Gasteiger partial charge in [-0.15, -0.1) is 0 Å². The van der Waals surface area contributed by atoms with Crippen molar-refractivity contribution in [2.24, 2.45) is 0 Å². The van der Waals surface area contributed by atoms with E-state index in [1.807, 2.05) is 25.4 Å². The SMILES string of the molecule is CNc1nccc(C2CCCCN2Cc2cccc(OC)c2)n1. The summed E-state index contributed by atoms with van der Waals surface area (Å²) in [7, 11) is 3.57. The number of ether oxygens (including phenoxy) is 1. The molecule has 0 aliphatic carbocycles. The molecule has 0 spiro atoms. The Labute approximate surface area is 137 Å². The maximum atomic E-state index is 5.34. The van der Waals surface area contributed by atoms with E-state index in [1.165, 1.54) is 18.4 Å². The molecule has 1 saturated heterocycles. The van der Waals surface area contributed by atoms with Crippen LogP contribution >= 0.6 is 0 Å². The van der Waals surface area contributed by atoms with E-state index in [0.717, 1.165) is 31.0 Å². The van der Waals surface area contributed by atoms with Gasteiger partial charge >= 0.3 is 0 Å². The van der Waals surface area contributed by atoms with Crippen molar-refractivity contribution in [2.75, 3.05) is 26.0 Å². The molecule has 0 bridgehead atoms. The van der Waals surface area contributed by atoms with Gasteiger partial charge in [-0.05, 0) is 43.1 Å². The summed E-state index contributed by atoms with van der Waals surface area (Å²) in [5, 5.41) is 3.03. The summed E-state index contributed by atoms with van der Waals surface area (Å²) in [5.74, 6) is 1.60. The molecule has 2 aromatic rings. The zero-order valence-corrected chi connectivity index (χ0v) is 13.8. The van der Waals surface area contributed by atoms with Gasteiger partial charge in [-0.2, -0.15) is 0 Å². The van der Waals surface area contributed by atoms with Crippen LogP contribution in [0.1, 0.15) is 36.6 Å². The van der Waals surface area contributed by atoms with E-state index in [9.17, 15) is 0 Å². The average Bonchev–Trinajstić information content (AvgIpc) is 2.62. The fraction of sp³-hybridized carbons (Fsp3) is 0.444. The third kappa shape index (κ3) is 3.79. The number of methoxy groups -OCH3 is 1. The third-order valence-electron chi connectivity index (χ3n) is 4.38. The first kappa shape index (κ1) is 15.7. The summed E-state index contributed by atoms with van der Waals surface area (Å²) in [6.45, 7) is 2.02. The van der Waals surface area contributed by atoms with Gasteiger partial charge in [0.05, 0.1) is 18.8 Å². The minimum Gasteiger partial charge on any atom is -0.497 e. The smallest absolute Gasteiger partial charge is 0.222 e. The molecule has 1 unspecified atom stereocenters. The second-order valence-corrected chi connectivity index (χ2v) is 5.89. The number of rotatable bonds is 5. The van der Waals surface area contributed by atoms with Gasteiger partial charge in [0.15, 0.2) is 0 Å². The lowest BCUT2D eigenvalue weighted by Gasteiger charge is -2.35. The Bertz CT molecular complexity index is 646. The Balaban J connectivity index is 1.80. The number of piperidine rings is 1. The summed E-state index contributed by atoms with van der Waals surface area (Å²) in [6.07, 6.45) is 5.47. The van der Waals surface area contributed by atoms with Crippen molar-refractivity contribution in [3.05, 3.63) is 47.8 Å². The van der Waals surface area contributed by atoms with E-state index in [2.05, 4.69) is 38.4 Å². The highest BCUT2D eigenvalue weighted by Gasteiger charge is 2.25. The van der Waals surface area contributed by atoms with Gasteiger partial charge in [0, 0.05) is 19.8 Å². The predicted octanol–water partition coefficient (Wildman–Crippen LogP) is 3.25. The van der Waals surface area contributed by atoms with Crippen molar-refractivity contribution in [1.29, 1.82) is 0 Å². The molecule has 122 valence electrons. The lowest BCUT2D eigenvalue weighted by atomic mass is 9.98. The fourth-order valence-corrected chi connectivity index (χ4v) is 3.20. The van der Waals surface area contributed by atoms with Crippen molar-refractivity contribution < 1.29 is 4.74 Å². The van der Waals surface area contributed by atoms with E-state index in [4.69, 9.17) is 4.74 Å². The molecule has 0 radical (unpaired) electrons. The van der Waals surface area contributed by atoms with Gasteiger partial charge < -0.3 is 10.1 Å². The molecule has 23 heavy (non-hydrogen) atoms. The molecule has 1 fully saturated rings. The van der Waals surface area contributed by atoms with Crippen LogP contribution < -0.4 is 10.1 Å². The molecular formula is C18H24N4O. The van der Waals surface area contributed by atoms with Gasteiger partial charge in [0.2, 0.25) is 5.95 Å². The maximum Gasteiger partial charge on any atom is 0.222 e. The number of hydrogen-bond acceptors (Lipinski definition) is 5. The Hall–Kier alpha value is -2.14. The summed E-state index contributed by atoms with van der Waals surface area (Å²) in [5.41, 5.74) is 2.38. The van der Waals surface area contributed by atoms with Gasteiger partial charge in [0.25, 0.3) is 0 Å². The first-order valence-electron chi connectivity index (χ1n) is 8.18. The number of benzene rings is 1. The van der Waals surface area contributed by atoms with Crippen molar-refractivity contribution >= 4 is 5.95 Å². The standard InChI is InChI=1S/C18H24N4O/c1-19-18-20-10-9-16(21-18)17-8-3-4-11-22(17)13-14-6-5-7-15(12-14)23-2/h5-7,9-10,12,17H,3-4,8,11,13H2,1-2H3,(H,19,20,21). The largest absolute Gasteiger partial charge is 0.497 e. The molecule has 0 amide bonds. The minimum atomic E-state index is 0.352. The quantitative estimate of drug-likeness (QED) is 0.918. The number of nitrogens with one attached hydrogen (secondary N) is 1. The molecule has 1 aliphatic rings. The van der Waals surface area contributed by atoms with Crippen LogP contribution in [-0.2, 0) is 6.54 Å². The van der Waals surface area contributed by atoms with Gasteiger partial charge in [-0.1, -0.05) is 18.6 Å². The number of aromatic nitrogens is 2. The molecule has 1 N–H and O–H groups in total. The van der Waals surface area contributed by atoms with E-state index in [0.29, 0.717) is 12.0 Å². The van der Waals surface area contributed by atoms with Crippen LogP contribution in [0.3, 0.4) is 0 Å². The Morgan fingerprint density at radius 2 is 2.22 bits per heavy atom. The number of hydrogen-bond donors (Lipinski definition) is 1. The summed E-state index contributed by atoms with van der Waals surface area (Å²) in [6, 6.07) is 10.7. The fourth-order valence-electron chi connectivity index (χ4n) is 3.20. The maximum absolute atomic E-state index is 5.34. The van der Waals surface area contributed by atoms with Crippen LogP contribution in [0.5, 0.6) is 5.75 Å². The van der Waals surface area contributed by atoms with Crippen molar-refractivity contribution in [3.8, 4) is 5.75 Å². The van der Waals surface area contributed by atoms with E-state index in [-0.39, 0.29) is 0 Å². The second kappa shape index (κ2) is 7.42. The molecule has 3 rings (SSSR count). The van der Waals surface area contributed by atoms with Gasteiger partial charge in [0.1, 0.15) is 5.75 Å². The van der Waals surface area contributed by atoms with Crippen molar-refractivity contribution in [3.63, 3.8) is 0 Å². The predicted molar refractivity (Wildman–Crippen MR) is 91.6 cm³/mol. The molecular weight excluding hydrogens is 288 g/mol. The van der Waals surface area contributed by atoms with Crippen LogP contribution in [0.15, 0.2) is 36.5 Å². The van der Waals surface area contributed by atoms with Crippen molar-refractivity contribution in [2.45, 2.75) is 31.8 Å². The minimum absolute atomic E-state index is 0.352. The molecule has 1 aliphatic heterocycles. The van der Waals surface area contributed by atoms with E-state index in [1.54, 1.807) is 7.11 Å². The Morgan fingerprint density at radius 3 is 3.04 bits per heavy atom. The number of likely N-dealkylation sites (tertiary alicyclic amines) is 1. The molecule has 1 aromatic carbocycles. The summed E-state index contributed by atoms with van der Waals surface area (Å²) < 4.78 is 5.34. The van der Waals surface area contributed by atoms with E-state index >= 15 is 0 Å². The van der Waals surface area contributed by atoms with Crippen LogP contribution in [0.2, 0.25) is 0 Å². The summed E-state index contributed by atoms with van der Waals surface area (Å²) >= 11 is 0. The number of anilines is 1. The first-order valence-corrected chi connectivity index (χ1v) is 8.18. The van der Waals surface area contributed by atoms with Gasteiger partial charge in [-0.3, -0.25) is 4.90 Å². The monoisotopic (exact) mass is 312 g/mol. The molecule has 1 aromatic heterocycles. The van der Waals surface area contributed by atoms with Crippen LogP contribution in [0.25, 0.3) is 0 Å². The molecule has 5 heteroatoms. The zero-order valence-electron chi connectivity index (χ0n) is 13.8. The lowest BCUT2D eigenvalue weighted by Crippen LogP contribution is -2.33. The van der Waals surface area contributed by atoms with Crippen LogP contribution in [0.4, 0.5) is 5.95 Å². The Kier molecular flexibility index (Phi) is 5.08. The van der Waals surface area contributed by atoms with Gasteiger partial charge in [-0.25, -0.2) is 9.97 Å². The normalized spacial score (nSPS) is 18.6. The van der Waals surface area contributed by atoms with Crippen LogP contribution in [0, 0.1) is 0 Å². The molecule has 1 atom stereocenters. The summed E-state index contributed by atoms with van der Waals surface area (Å²) in [4.78, 5) is 11.4. The highest BCUT2D eigenvalue weighted by Crippen LogP contribution is 2.31. The highest BCUT2D eigenvalue weighted by atomic mass is 16.5. The Morgan fingerprint density at radius 1 is 1.30 bits per heavy atom. The lowest BCUT2D eigenvalue weighted by molar-refractivity contribution is 0.137. The van der Waals surface area contributed by atoms with Crippen LogP contribution in [-0.4, -0.2) is 35.6 Å². The average molecular weight is 312 g/mol. The third-order valence-corrected chi connectivity index (χ3v) is 4.38. The molecule has 0 saturated carbocycles. The highest BCUT2D eigenvalue weighted by molar-refractivity contribution is 5.29. The molecule has 5 nitrogen and oxygen atoms in total. The first-order chi connectivity index (χ1) is 11.3. The zero-order chi connectivity index (χ0) is 16.1. The number of nitrogens with zero attached hydrogens (tertiary/aromatic N) is 3. The van der Waals surface area contributed by atoms with Crippen molar-refractivity contribution in [1.82, 2.24) is 14.9 Å². The second-order valence-electron chi connectivity index (χ2n) is 5.89.